The third kappa shape index (κ3) is 3.75. The Kier molecular flexibility index (Phi) is 5.10. The van der Waals surface area contributed by atoms with Gasteiger partial charge in [-0.2, -0.15) is 4.68 Å². The van der Waals surface area contributed by atoms with Crippen LogP contribution in [0.2, 0.25) is 0 Å². The topological polar surface area (TPSA) is 72.3 Å². The van der Waals surface area contributed by atoms with Crippen molar-refractivity contribution in [3.8, 4) is 28.2 Å². The average molecular weight is 411 g/mol. The van der Waals surface area contributed by atoms with Gasteiger partial charge in [0.25, 0.3) is 0 Å². The molecule has 2 aromatic heterocycles. The molecule has 0 bridgehead atoms. The van der Waals surface area contributed by atoms with Crippen molar-refractivity contribution >= 4 is 11.8 Å². The molecular weight excluding hydrogens is 392 g/mol. The van der Waals surface area contributed by atoms with E-state index in [1.54, 1.807) is 16.4 Å². The Morgan fingerprint density at radius 2 is 1.40 bits per heavy atom. The minimum absolute atomic E-state index is 0.595. The number of para-hydroxylation sites is 1. The van der Waals surface area contributed by atoms with Gasteiger partial charge in [0.2, 0.25) is 0 Å². The summed E-state index contributed by atoms with van der Waals surface area (Å²) in [5.41, 5.74) is 5.06. The first-order chi connectivity index (χ1) is 14.9. The zero-order valence-electron chi connectivity index (χ0n) is 16.0. The van der Waals surface area contributed by atoms with Crippen molar-refractivity contribution in [2.75, 3.05) is 0 Å². The molecule has 5 aromatic rings. The molecule has 2 heterocycles. The van der Waals surface area contributed by atoms with E-state index in [4.69, 9.17) is 4.98 Å². The van der Waals surface area contributed by atoms with E-state index in [9.17, 15) is 0 Å². The van der Waals surface area contributed by atoms with Crippen molar-refractivity contribution in [1.82, 2.24) is 30.2 Å². The Morgan fingerprint density at radius 1 is 0.767 bits per heavy atom. The van der Waals surface area contributed by atoms with Crippen LogP contribution in [-0.4, -0.2) is 30.2 Å². The Labute approximate surface area is 178 Å². The molecule has 0 fully saturated rings. The second-order valence-electron chi connectivity index (χ2n) is 6.63. The van der Waals surface area contributed by atoms with Gasteiger partial charge >= 0.3 is 0 Å². The summed E-state index contributed by atoms with van der Waals surface area (Å²) < 4.78 is 1.76. The molecule has 146 valence electrons. The van der Waals surface area contributed by atoms with Gasteiger partial charge in [-0.3, -0.25) is 0 Å². The minimum atomic E-state index is 0.595. The summed E-state index contributed by atoms with van der Waals surface area (Å²) in [4.78, 5) is 8.38. The summed E-state index contributed by atoms with van der Waals surface area (Å²) in [6.45, 7) is 0. The average Bonchev–Trinajstić information content (AvgIpc) is 3.47. The number of aromatic nitrogens is 6. The third-order valence-corrected chi connectivity index (χ3v) is 5.53. The fourth-order valence-electron chi connectivity index (χ4n) is 3.24. The molecule has 0 spiro atoms. The predicted octanol–water partition coefficient (Wildman–Crippen LogP) is 5.01. The number of imidazole rings is 1. The maximum absolute atomic E-state index is 4.89. The molecule has 3 aromatic carbocycles. The van der Waals surface area contributed by atoms with E-state index in [2.05, 4.69) is 44.8 Å². The molecule has 0 aliphatic rings. The summed E-state index contributed by atoms with van der Waals surface area (Å²) in [5, 5.41) is 13.0. The predicted molar refractivity (Wildman–Crippen MR) is 118 cm³/mol. The van der Waals surface area contributed by atoms with Crippen LogP contribution in [-0.2, 0) is 5.75 Å². The number of hydrogen-bond donors (Lipinski definition) is 1. The van der Waals surface area contributed by atoms with Gasteiger partial charge in [-0.15, -0.1) is 5.10 Å². The molecule has 6 nitrogen and oxygen atoms in total. The quantitative estimate of drug-likeness (QED) is 0.398. The number of nitrogens with one attached hydrogen (secondary N) is 1. The van der Waals surface area contributed by atoms with Crippen LogP contribution in [0.25, 0.3) is 28.2 Å². The maximum atomic E-state index is 4.89. The molecule has 0 unspecified atom stereocenters. The van der Waals surface area contributed by atoms with Gasteiger partial charge in [-0.05, 0) is 22.6 Å². The minimum Gasteiger partial charge on any atom is -0.332 e. The standard InChI is InChI=1S/C23H18N6S/c1-4-10-17(11-5-1)21-22(18-12-6-2-7-13-18)25-23(24-21)30-16-20-26-27-28-29(20)19-14-8-3-9-15-19/h1-15H,16H2,(H,24,25). The van der Waals surface area contributed by atoms with Crippen molar-refractivity contribution in [2.24, 2.45) is 0 Å². The lowest BCUT2D eigenvalue weighted by molar-refractivity contribution is 0.777. The lowest BCUT2D eigenvalue weighted by Crippen LogP contribution is -2.01. The first-order valence-electron chi connectivity index (χ1n) is 9.55. The number of tetrazole rings is 1. The van der Waals surface area contributed by atoms with Gasteiger partial charge in [0, 0.05) is 11.1 Å². The molecule has 7 heteroatoms. The molecular formula is C23H18N6S. The fraction of sp³-hybridized carbons (Fsp3) is 0.0435. The lowest BCUT2D eigenvalue weighted by Gasteiger charge is -2.03. The van der Waals surface area contributed by atoms with Crippen LogP contribution >= 0.6 is 11.8 Å². The van der Waals surface area contributed by atoms with Gasteiger partial charge in [-0.25, -0.2) is 4.98 Å². The van der Waals surface area contributed by atoms with Gasteiger partial charge in [-0.1, -0.05) is 90.6 Å². The summed E-state index contributed by atoms with van der Waals surface area (Å²) in [7, 11) is 0. The van der Waals surface area contributed by atoms with E-state index in [1.807, 2.05) is 66.7 Å². The van der Waals surface area contributed by atoms with Gasteiger partial charge < -0.3 is 4.98 Å². The Hall–Kier alpha value is -3.71. The van der Waals surface area contributed by atoms with E-state index < -0.39 is 0 Å². The molecule has 0 atom stereocenters. The van der Waals surface area contributed by atoms with E-state index in [1.165, 1.54) is 0 Å². The monoisotopic (exact) mass is 410 g/mol. The highest BCUT2D eigenvalue weighted by Crippen LogP contribution is 2.33. The SMILES string of the molecule is c1ccc(-c2nc(SCc3nnnn3-c3ccccc3)[nH]c2-c2ccccc2)cc1. The molecule has 1 N–H and O–H groups in total. The third-order valence-electron chi connectivity index (χ3n) is 4.66. The van der Waals surface area contributed by atoms with Crippen molar-refractivity contribution in [2.45, 2.75) is 10.9 Å². The number of hydrogen-bond acceptors (Lipinski definition) is 5. The van der Waals surface area contributed by atoms with Crippen LogP contribution in [0.4, 0.5) is 0 Å². The van der Waals surface area contributed by atoms with Crippen LogP contribution in [0.3, 0.4) is 0 Å². The van der Waals surface area contributed by atoms with Crippen molar-refractivity contribution in [1.29, 1.82) is 0 Å². The number of benzene rings is 3. The normalized spacial score (nSPS) is 10.9. The highest BCUT2D eigenvalue weighted by Gasteiger charge is 2.16. The van der Waals surface area contributed by atoms with E-state index in [0.29, 0.717) is 5.75 Å². The highest BCUT2D eigenvalue weighted by atomic mass is 32.2. The summed E-state index contributed by atoms with van der Waals surface area (Å²) in [5.74, 6) is 1.36. The second-order valence-corrected chi connectivity index (χ2v) is 7.59. The number of aromatic amines is 1. The van der Waals surface area contributed by atoms with E-state index in [-0.39, 0.29) is 0 Å². The first kappa shape index (κ1) is 18.3. The molecule has 0 aliphatic heterocycles. The number of rotatable bonds is 6. The Morgan fingerprint density at radius 3 is 2.10 bits per heavy atom. The Bertz CT molecular complexity index is 1180. The number of nitrogens with zero attached hydrogens (tertiary/aromatic N) is 5. The van der Waals surface area contributed by atoms with Crippen LogP contribution in [0.5, 0.6) is 0 Å². The van der Waals surface area contributed by atoms with Crippen molar-refractivity contribution in [3.63, 3.8) is 0 Å². The van der Waals surface area contributed by atoms with Gasteiger partial charge in [0.05, 0.1) is 22.8 Å². The first-order valence-corrected chi connectivity index (χ1v) is 10.5. The van der Waals surface area contributed by atoms with E-state index >= 15 is 0 Å². The Balaban J connectivity index is 1.45. The van der Waals surface area contributed by atoms with E-state index in [0.717, 1.165) is 39.2 Å². The zero-order chi connectivity index (χ0) is 20.2. The van der Waals surface area contributed by atoms with Crippen LogP contribution in [0.15, 0.2) is 96.2 Å². The maximum Gasteiger partial charge on any atom is 0.167 e. The summed E-state index contributed by atoms with van der Waals surface area (Å²) in [6, 6.07) is 30.4. The molecule has 30 heavy (non-hydrogen) atoms. The summed E-state index contributed by atoms with van der Waals surface area (Å²) >= 11 is 1.58. The molecule has 0 saturated carbocycles. The molecule has 0 saturated heterocycles. The van der Waals surface area contributed by atoms with Gasteiger partial charge in [0.15, 0.2) is 11.0 Å². The molecule has 0 radical (unpaired) electrons. The summed E-state index contributed by atoms with van der Waals surface area (Å²) in [6.07, 6.45) is 0. The zero-order valence-corrected chi connectivity index (χ0v) is 16.8. The second kappa shape index (κ2) is 8.34. The molecule has 0 amide bonds. The van der Waals surface area contributed by atoms with Crippen molar-refractivity contribution < 1.29 is 0 Å². The van der Waals surface area contributed by atoms with Crippen LogP contribution in [0, 0.1) is 0 Å². The lowest BCUT2D eigenvalue weighted by atomic mass is 10.1. The highest BCUT2D eigenvalue weighted by molar-refractivity contribution is 7.98. The largest absolute Gasteiger partial charge is 0.332 e. The van der Waals surface area contributed by atoms with Crippen LogP contribution < -0.4 is 0 Å². The van der Waals surface area contributed by atoms with Crippen LogP contribution in [0.1, 0.15) is 5.82 Å². The van der Waals surface area contributed by atoms with Gasteiger partial charge in [0.1, 0.15) is 0 Å². The smallest absolute Gasteiger partial charge is 0.167 e. The fourth-order valence-corrected chi connectivity index (χ4v) is 4.01. The molecule has 0 aliphatic carbocycles. The number of thioether (sulfide) groups is 1. The molecule has 5 rings (SSSR count). The number of H-pyrrole nitrogens is 1. The van der Waals surface area contributed by atoms with Crippen molar-refractivity contribution in [3.05, 3.63) is 96.8 Å².